The molecule has 1 aromatic heterocycles. The van der Waals surface area contributed by atoms with E-state index in [-0.39, 0.29) is 30.6 Å². The first-order chi connectivity index (χ1) is 15.8. The van der Waals surface area contributed by atoms with Gasteiger partial charge in [0.2, 0.25) is 5.88 Å². The molecule has 4 N–H and O–H groups in total. The highest BCUT2D eigenvalue weighted by atomic mass is 19.4. The monoisotopic (exact) mass is 494 g/mol. The van der Waals surface area contributed by atoms with Crippen LogP contribution in [-0.2, 0) is 17.5 Å². The Hall–Kier alpha value is -3.55. The molecular weight excluding hydrogens is 474 g/mol. The number of anilines is 1. The lowest BCUT2D eigenvalue weighted by Crippen LogP contribution is -2.34. The number of halogens is 6. The largest absolute Gasteiger partial charge is 0.490 e. The van der Waals surface area contributed by atoms with E-state index in [1.807, 2.05) is 6.07 Å². The third-order valence-corrected chi connectivity index (χ3v) is 4.37. The van der Waals surface area contributed by atoms with Gasteiger partial charge in [0.25, 0.3) is 0 Å². The van der Waals surface area contributed by atoms with Crippen LogP contribution >= 0.6 is 0 Å². The number of amides is 2. The van der Waals surface area contributed by atoms with E-state index in [1.54, 1.807) is 29.2 Å². The molecule has 1 atom stereocenters. The average molecular weight is 494 g/mol. The van der Waals surface area contributed by atoms with Crippen molar-refractivity contribution < 1.29 is 45.8 Å². The molecule has 1 saturated heterocycles. The van der Waals surface area contributed by atoms with Gasteiger partial charge in [0.15, 0.2) is 0 Å². The van der Waals surface area contributed by atoms with Crippen molar-refractivity contribution in [3.63, 3.8) is 0 Å². The van der Waals surface area contributed by atoms with Crippen molar-refractivity contribution in [2.45, 2.75) is 31.4 Å². The van der Waals surface area contributed by atoms with Gasteiger partial charge in [-0.25, -0.2) is 14.6 Å². The van der Waals surface area contributed by atoms with Crippen molar-refractivity contribution in [1.82, 2.24) is 9.88 Å². The van der Waals surface area contributed by atoms with E-state index in [9.17, 15) is 31.1 Å². The number of nitrogens with two attached hydrogens (primary N) is 1. The Morgan fingerprint density at radius 2 is 1.76 bits per heavy atom. The van der Waals surface area contributed by atoms with E-state index in [0.717, 1.165) is 6.07 Å². The van der Waals surface area contributed by atoms with E-state index in [4.69, 9.17) is 20.4 Å². The molecule has 186 valence electrons. The Kier molecular flexibility index (Phi) is 8.68. The number of hydrogen-bond donors (Lipinski definition) is 3. The molecule has 8 nitrogen and oxygen atoms in total. The van der Waals surface area contributed by atoms with Crippen molar-refractivity contribution in [2.75, 3.05) is 18.4 Å². The summed E-state index contributed by atoms with van der Waals surface area (Å²) >= 11 is 0. The van der Waals surface area contributed by atoms with Crippen LogP contribution in [0.25, 0.3) is 0 Å². The van der Waals surface area contributed by atoms with Crippen molar-refractivity contribution >= 4 is 17.7 Å². The molecule has 0 saturated carbocycles. The molecule has 0 spiro atoms. The van der Waals surface area contributed by atoms with Crippen LogP contribution in [0.15, 0.2) is 42.5 Å². The molecule has 2 amide bonds. The molecule has 1 fully saturated rings. The summed E-state index contributed by atoms with van der Waals surface area (Å²) in [6.07, 6.45) is -9.60. The quantitative estimate of drug-likeness (QED) is 0.556. The number of urea groups is 1. The number of carboxylic acids is 1. The van der Waals surface area contributed by atoms with Crippen LogP contribution in [0.2, 0.25) is 0 Å². The maximum Gasteiger partial charge on any atom is 0.490 e. The van der Waals surface area contributed by atoms with Gasteiger partial charge >= 0.3 is 24.4 Å². The summed E-state index contributed by atoms with van der Waals surface area (Å²) in [6, 6.07) is 11.0. The number of ether oxygens (including phenoxy) is 1. The molecule has 1 aromatic carbocycles. The number of nitrogens with one attached hydrogen (secondary N) is 1. The van der Waals surface area contributed by atoms with Gasteiger partial charge < -0.3 is 25.8 Å². The zero-order chi connectivity index (χ0) is 25.5. The van der Waals surface area contributed by atoms with E-state index in [0.29, 0.717) is 18.7 Å². The standard InChI is InChI=1S/C18H19F3N4O2.C2HF3O2/c19-18(20,21)15-8-12(10-22)9-16(24-15)27-14-6-7-25(11-14)17(26)23-13-4-2-1-3-5-13;3-2(4,5)1(6)7/h1-5,8-9,14H,6-7,10-11,22H2,(H,23,26);(H,6,7)/t14-;/m0./s1. The van der Waals surface area contributed by atoms with Crippen LogP contribution < -0.4 is 15.8 Å². The average Bonchev–Trinajstić information content (AvgIpc) is 3.22. The van der Waals surface area contributed by atoms with Crippen LogP contribution in [0.3, 0.4) is 0 Å². The first kappa shape index (κ1) is 26.7. The number of hydrogen-bond acceptors (Lipinski definition) is 5. The third-order valence-electron chi connectivity index (χ3n) is 4.37. The molecule has 0 radical (unpaired) electrons. The minimum absolute atomic E-state index is 0.0573. The van der Waals surface area contributed by atoms with Gasteiger partial charge in [-0.1, -0.05) is 18.2 Å². The molecule has 0 bridgehead atoms. The molecule has 2 aromatic rings. The number of aromatic nitrogens is 1. The molecule has 2 heterocycles. The number of carbonyl (C=O) groups excluding carboxylic acids is 1. The van der Waals surface area contributed by atoms with Crippen LogP contribution in [0.4, 0.5) is 36.8 Å². The number of alkyl halides is 6. The minimum atomic E-state index is -5.08. The Bertz CT molecular complexity index is 985. The summed E-state index contributed by atoms with van der Waals surface area (Å²) in [5.74, 6) is -2.90. The van der Waals surface area contributed by atoms with Gasteiger partial charge in [-0.2, -0.15) is 26.3 Å². The predicted octanol–water partition coefficient (Wildman–Crippen LogP) is 3.88. The maximum atomic E-state index is 13.0. The van der Waals surface area contributed by atoms with Gasteiger partial charge in [0.1, 0.15) is 11.8 Å². The van der Waals surface area contributed by atoms with Gasteiger partial charge in [0, 0.05) is 31.3 Å². The van der Waals surface area contributed by atoms with Crippen molar-refractivity contribution in [1.29, 1.82) is 0 Å². The van der Waals surface area contributed by atoms with E-state index < -0.39 is 30.1 Å². The molecule has 1 aliphatic rings. The van der Waals surface area contributed by atoms with Crippen molar-refractivity contribution in [3.05, 3.63) is 53.7 Å². The number of aliphatic carboxylic acids is 1. The molecule has 34 heavy (non-hydrogen) atoms. The lowest BCUT2D eigenvalue weighted by molar-refractivity contribution is -0.192. The molecule has 1 aliphatic heterocycles. The lowest BCUT2D eigenvalue weighted by Gasteiger charge is -2.18. The Morgan fingerprint density at radius 3 is 2.29 bits per heavy atom. The first-order valence-corrected chi connectivity index (χ1v) is 9.65. The summed E-state index contributed by atoms with van der Waals surface area (Å²) in [4.78, 5) is 26.3. The highest BCUT2D eigenvalue weighted by molar-refractivity contribution is 5.89. The molecular formula is C20H20F6N4O4. The van der Waals surface area contributed by atoms with Crippen molar-refractivity contribution in [3.8, 4) is 5.88 Å². The van der Waals surface area contributed by atoms with Crippen molar-refractivity contribution in [2.24, 2.45) is 5.73 Å². The highest BCUT2D eigenvalue weighted by Crippen LogP contribution is 2.30. The van der Waals surface area contributed by atoms with E-state index >= 15 is 0 Å². The second-order valence-electron chi connectivity index (χ2n) is 6.97. The first-order valence-electron chi connectivity index (χ1n) is 9.65. The fourth-order valence-corrected chi connectivity index (χ4v) is 2.79. The maximum absolute atomic E-state index is 13.0. The van der Waals surface area contributed by atoms with Crippen LogP contribution in [0.1, 0.15) is 17.7 Å². The Labute approximate surface area is 189 Å². The fraction of sp³-hybridized carbons (Fsp3) is 0.350. The van der Waals surface area contributed by atoms with Gasteiger partial charge in [-0.15, -0.1) is 0 Å². The number of carbonyl (C=O) groups is 2. The number of pyridine rings is 1. The highest BCUT2D eigenvalue weighted by Gasteiger charge is 2.38. The predicted molar refractivity (Wildman–Crippen MR) is 107 cm³/mol. The van der Waals surface area contributed by atoms with Crippen LogP contribution in [-0.4, -0.2) is 52.4 Å². The number of nitrogens with zero attached hydrogens (tertiary/aromatic N) is 2. The zero-order valence-corrected chi connectivity index (χ0v) is 17.4. The second-order valence-corrected chi connectivity index (χ2v) is 6.97. The molecule has 0 aliphatic carbocycles. The summed E-state index contributed by atoms with van der Waals surface area (Å²) < 4.78 is 76.2. The smallest absolute Gasteiger partial charge is 0.475 e. The summed E-state index contributed by atoms with van der Waals surface area (Å²) in [5, 5.41) is 9.89. The lowest BCUT2D eigenvalue weighted by atomic mass is 10.2. The number of carboxylic acid groups (broad SMARTS) is 1. The zero-order valence-electron chi connectivity index (χ0n) is 17.4. The molecule has 3 rings (SSSR count). The van der Waals surface area contributed by atoms with E-state index in [2.05, 4.69) is 10.3 Å². The topological polar surface area (TPSA) is 118 Å². The van der Waals surface area contributed by atoms with Gasteiger partial charge in [-0.3, -0.25) is 0 Å². The normalized spacial score (nSPS) is 15.9. The van der Waals surface area contributed by atoms with Gasteiger partial charge in [0.05, 0.1) is 6.54 Å². The summed E-state index contributed by atoms with van der Waals surface area (Å²) in [6.45, 7) is 0.638. The Morgan fingerprint density at radius 1 is 1.15 bits per heavy atom. The number of likely N-dealkylation sites (tertiary alicyclic amines) is 1. The Balaban J connectivity index is 0.000000509. The number of rotatable bonds is 4. The fourth-order valence-electron chi connectivity index (χ4n) is 2.79. The number of para-hydroxylation sites is 1. The van der Waals surface area contributed by atoms with E-state index in [1.165, 1.54) is 6.07 Å². The summed E-state index contributed by atoms with van der Waals surface area (Å²) in [5.41, 5.74) is 5.37. The third kappa shape index (κ3) is 8.10. The second kappa shape index (κ2) is 11.0. The van der Waals surface area contributed by atoms with Crippen LogP contribution in [0, 0.1) is 0 Å². The van der Waals surface area contributed by atoms with Gasteiger partial charge in [-0.05, 0) is 23.8 Å². The SMILES string of the molecule is NCc1cc(O[C@H]2CCN(C(=O)Nc3ccccc3)C2)nc(C(F)(F)F)c1.O=C(O)C(F)(F)F. The minimum Gasteiger partial charge on any atom is -0.475 e. The molecule has 14 heteroatoms. The summed E-state index contributed by atoms with van der Waals surface area (Å²) in [7, 11) is 0. The van der Waals surface area contributed by atoms with Crippen LogP contribution in [0.5, 0.6) is 5.88 Å². The number of benzene rings is 1. The molecule has 0 unspecified atom stereocenters.